The van der Waals surface area contributed by atoms with Crippen LogP contribution in [0.15, 0.2) is 80.2 Å². The molecule has 1 aliphatic heterocycles. The van der Waals surface area contributed by atoms with Crippen LogP contribution in [0, 0.1) is 10.8 Å². The van der Waals surface area contributed by atoms with E-state index in [0.29, 0.717) is 0 Å². The lowest BCUT2D eigenvalue weighted by Gasteiger charge is -2.36. The van der Waals surface area contributed by atoms with Crippen molar-refractivity contribution in [2.24, 2.45) is 10.8 Å². The van der Waals surface area contributed by atoms with Crippen LogP contribution in [0.1, 0.15) is 74.8 Å². The van der Waals surface area contributed by atoms with Gasteiger partial charge in [0.1, 0.15) is 11.5 Å². The minimum absolute atomic E-state index is 0.0130. The quantitative estimate of drug-likeness (QED) is 0.485. The molecular formula is C29H36O. The first-order valence-electron chi connectivity index (χ1n) is 11.2. The highest BCUT2D eigenvalue weighted by molar-refractivity contribution is 5.66. The van der Waals surface area contributed by atoms with E-state index in [-0.39, 0.29) is 10.8 Å². The standard InChI is InChI=1S/C29H36O/c1-16-18(3)25(28(7,8)20(16)5)23-15-22-13-11-12-14-24(22)30-27(23)26-19(4)17(2)21(6)29(26,9)10/h11-14H,15H2,1-10H3. The highest BCUT2D eigenvalue weighted by atomic mass is 16.5. The SMILES string of the molecule is CC1=C(C)C(C)(C)C(C2=C(C3=C(C)C(C)=C(C)C3(C)C)Oc3ccccc3C2)=C1C. The van der Waals surface area contributed by atoms with Crippen LogP contribution in [0.4, 0.5) is 0 Å². The molecule has 0 radical (unpaired) electrons. The Morgan fingerprint density at radius 1 is 0.667 bits per heavy atom. The Balaban J connectivity index is 2.02. The molecule has 3 aliphatic rings. The van der Waals surface area contributed by atoms with Gasteiger partial charge in [-0.05, 0) is 81.0 Å². The number of fused-ring (bicyclic) bond motifs is 1. The Morgan fingerprint density at radius 2 is 1.17 bits per heavy atom. The molecule has 4 rings (SSSR count). The van der Waals surface area contributed by atoms with E-state index >= 15 is 0 Å². The van der Waals surface area contributed by atoms with Gasteiger partial charge in [0, 0.05) is 28.4 Å². The van der Waals surface area contributed by atoms with E-state index in [1.165, 1.54) is 55.7 Å². The molecule has 0 fully saturated rings. The molecule has 0 unspecified atom stereocenters. The number of para-hydroxylation sites is 1. The van der Waals surface area contributed by atoms with E-state index in [2.05, 4.69) is 93.5 Å². The maximum atomic E-state index is 6.80. The molecule has 2 aliphatic carbocycles. The third-order valence-corrected chi connectivity index (χ3v) is 8.48. The van der Waals surface area contributed by atoms with Crippen LogP contribution >= 0.6 is 0 Å². The zero-order valence-electron chi connectivity index (χ0n) is 20.4. The normalized spacial score (nSPS) is 23.0. The van der Waals surface area contributed by atoms with E-state index in [1.54, 1.807) is 0 Å². The van der Waals surface area contributed by atoms with Crippen LogP contribution in [0.2, 0.25) is 0 Å². The largest absolute Gasteiger partial charge is 0.456 e. The summed E-state index contributed by atoms with van der Waals surface area (Å²) in [4.78, 5) is 0. The molecule has 1 aromatic carbocycles. The van der Waals surface area contributed by atoms with E-state index < -0.39 is 0 Å². The van der Waals surface area contributed by atoms with Crippen LogP contribution < -0.4 is 4.74 Å². The molecule has 1 aromatic rings. The Kier molecular flexibility index (Phi) is 4.62. The number of allylic oxidation sites excluding steroid dienone is 9. The smallest absolute Gasteiger partial charge is 0.135 e. The first kappa shape index (κ1) is 21.0. The van der Waals surface area contributed by atoms with Crippen LogP contribution in [0.3, 0.4) is 0 Å². The van der Waals surface area contributed by atoms with Gasteiger partial charge in [-0.25, -0.2) is 0 Å². The van der Waals surface area contributed by atoms with Crippen molar-refractivity contribution in [2.45, 2.75) is 75.7 Å². The van der Waals surface area contributed by atoms with Gasteiger partial charge in [0.2, 0.25) is 0 Å². The highest BCUT2D eigenvalue weighted by Crippen LogP contribution is 2.56. The zero-order valence-corrected chi connectivity index (χ0v) is 20.4. The fourth-order valence-corrected chi connectivity index (χ4v) is 5.84. The third kappa shape index (κ3) is 2.67. The van der Waals surface area contributed by atoms with Crippen LogP contribution in [-0.4, -0.2) is 0 Å². The average molecular weight is 401 g/mol. The fourth-order valence-electron chi connectivity index (χ4n) is 5.84. The van der Waals surface area contributed by atoms with Crippen molar-refractivity contribution in [3.05, 3.63) is 85.7 Å². The zero-order chi connectivity index (χ0) is 22.2. The molecule has 1 nitrogen and oxygen atoms in total. The van der Waals surface area contributed by atoms with Crippen molar-refractivity contribution < 1.29 is 4.74 Å². The van der Waals surface area contributed by atoms with Crippen molar-refractivity contribution in [3.8, 4) is 5.75 Å². The second-order valence-electron chi connectivity index (χ2n) is 10.4. The summed E-state index contributed by atoms with van der Waals surface area (Å²) < 4.78 is 6.80. The highest BCUT2D eigenvalue weighted by Gasteiger charge is 2.43. The van der Waals surface area contributed by atoms with E-state index in [4.69, 9.17) is 4.74 Å². The van der Waals surface area contributed by atoms with Crippen LogP contribution in [0.5, 0.6) is 5.75 Å². The maximum absolute atomic E-state index is 6.80. The minimum Gasteiger partial charge on any atom is -0.456 e. The summed E-state index contributed by atoms with van der Waals surface area (Å²) in [5.41, 5.74) is 14.0. The average Bonchev–Trinajstić information content (AvgIpc) is 2.94. The van der Waals surface area contributed by atoms with Gasteiger partial charge in [-0.3, -0.25) is 0 Å². The predicted octanol–water partition coefficient (Wildman–Crippen LogP) is 8.26. The van der Waals surface area contributed by atoms with Gasteiger partial charge in [0.25, 0.3) is 0 Å². The summed E-state index contributed by atoms with van der Waals surface area (Å²) in [6.45, 7) is 23.1. The molecule has 158 valence electrons. The monoisotopic (exact) mass is 400 g/mol. The summed E-state index contributed by atoms with van der Waals surface area (Å²) in [6.07, 6.45) is 0.924. The van der Waals surface area contributed by atoms with Gasteiger partial charge in [-0.1, -0.05) is 57.0 Å². The molecule has 0 aromatic heterocycles. The summed E-state index contributed by atoms with van der Waals surface area (Å²) in [7, 11) is 0. The topological polar surface area (TPSA) is 9.23 Å². The molecule has 0 saturated heterocycles. The summed E-state index contributed by atoms with van der Waals surface area (Å²) in [6, 6.07) is 8.54. The number of ether oxygens (including phenoxy) is 1. The molecule has 0 saturated carbocycles. The Morgan fingerprint density at radius 3 is 1.67 bits per heavy atom. The molecule has 0 bridgehead atoms. The maximum Gasteiger partial charge on any atom is 0.135 e. The number of hydrogen-bond donors (Lipinski definition) is 0. The summed E-state index contributed by atoms with van der Waals surface area (Å²) >= 11 is 0. The van der Waals surface area contributed by atoms with Gasteiger partial charge >= 0.3 is 0 Å². The van der Waals surface area contributed by atoms with Crippen molar-refractivity contribution in [2.75, 3.05) is 0 Å². The van der Waals surface area contributed by atoms with Crippen LogP contribution in [-0.2, 0) is 6.42 Å². The third-order valence-electron chi connectivity index (χ3n) is 8.48. The van der Waals surface area contributed by atoms with Gasteiger partial charge in [0.15, 0.2) is 0 Å². The predicted molar refractivity (Wildman–Crippen MR) is 128 cm³/mol. The molecule has 0 spiro atoms. The number of rotatable bonds is 2. The molecule has 30 heavy (non-hydrogen) atoms. The van der Waals surface area contributed by atoms with E-state index in [1.807, 2.05) is 0 Å². The lowest BCUT2D eigenvalue weighted by atomic mass is 9.72. The van der Waals surface area contributed by atoms with Gasteiger partial charge in [0.05, 0.1) is 0 Å². The lowest BCUT2D eigenvalue weighted by Crippen LogP contribution is -2.25. The second kappa shape index (κ2) is 6.61. The molecule has 0 amide bonds. The van der Waals surface area contributed by atoms with Gasteiger partial charge in [-0.15, -0.1) is 0 Å². The molecular weight excluding hydrogens is 364 g/mol. The Hall–Kier alpha value is -2.28. The molecule has 0 N–H and O–H groups in total. The van der Waals surface area contributed by atoms with E-state index in [9.17, 15) is 0 Å². The number of benzene rings is 1. The van der Waals surface area contributed by atoms with Gasteiger partial charge < -0.3 is 4.74 Å². The van der Waals surface area contributed by atoms with Crippen molar-refractivity contribution in [1.82, 2.24) is 0 Å². The Labute approximate surface area is 182 Å². The van der Waals surface area contributed by atoms with Gasteiger partial charge in [-0.2, -0.15) is 0 Å². The Bertz CT molecular complexity index is 1030. The van der Waals surface area contributed by atoms with Crippen LogP contribution in [0.25, 0.3) is 0 Å². The van der Waals surface area contributed by atoms with Crippen molar-refractivity contribution >= 4 is 0 Å². The van der Waals surface area contributed by atoms with E-state index in [0.717, 1.165) is 17.9 Å². The fraction of sp³-hybridized carbons (Fsp3) is 0.448. The molecule has 0 atom stereocenters. The first-order valence-corrected chi connectivity index (χ1v) is 11.2. The summed E-state index contributed by atoms with van der Waals surface area (Å²) in [5.74, 6) is 2.10. The second-order valence-corrected chi connectivity index (χ2v) is 10.4. The van der Waals surface area contributed by atoms with Crippen molar-refractivity contribution in [3.63, 3.8) is 0 Å². The summed E-state index contributed by atoms with van der Waals surface area (Å²) in [5, 5.41) is 0. The molecule has 1 heterocycles. The van der Waals surface area contributed by atoms with Crippen molar-refractivity contribution in [1.29, 1.82) is 0 Å². The number of hydrogen-bond acceptors (Lipinski definition) is 1. The minimum atomic E-state index is -0.0320. The molecule has 1 heteroatoms. The first-order chi connectivity index (χ1) is 13.9. The lowest BCUT2D eigenvalue weighted by molar-refractivity contribution is 0.379.